The SMILES string of the molecule is O=C(C1CCCN(C2CCN(Cc3cnc[nH]3)CC2)C1)N1CCOCC1. The van der Waals surface area contributed by atoms with Crippen LogP contribution in [0.5, 0.6) is 0 Å². The highest BCUT2D eigenvalue weighted by Crippen LogP contribution is 2.25. The third-order valence-electron chi connectivity index (χ3n) is 6.15. The van der Waals surface area contributed by atoms with E-state index < -0.39 is 0 Å². The Morgan fingerprint density at radius 1 is 1.15 bits per heavy atom. The number of H-pyrrole nitrogens is 1. The van der Waals surface area contributed by atoms with Gasteiger partial charge in [-0.15, -0.1) is 0 Å². The summed E-state index contributed by atoms with van der Waals surface area (Å²) in [5, 5.41) is 0. The maximum Gasteiger partial charge on any atom is 0.227 e. The molecule has 3 fully saturated rings. The Labute approximate surface area is 155 Å². The quantitative estimate of drug-likeness (QED) is 0.865. The zero-order valence-electron chi connectivity index (χ0n) is 15.6. The first-order valence-electron chi connectivity index (χ1n) is 10.1. The molecule has 0 spiro atoms. The number of likely N-dealkylation sites (tertiary alicyclic amines) is 2. The lowest BCUT2D eigenvalue weighted by molar-refractivity contribution is -0.142. The van der Waals surface area contributed by atoms with Crippen molar-refractivity contribution in [2.75, 3.05) is 52.5 Å². The molecule has 3 aliphatic heterocycles. The van der Waals surface area contributed by atoms with Gasteiger partial charge in [0.2, 0.25) is 5.91 Å². The van der Waals surface area contributed by atoms with E-state index in [9.17, 15) is 4.79 Å². The molecule has 144 valence electrons. The van der Waals surface area contributed by atoms with Crippen LogP contribution in [0.25, 0.3) is 0 Å². The second-order valence-electron chi connectivity index (χ2n) is 7.86. The predicted molar refractivity (Wildman–Crippen MR) is 98.6 cm³/mol. The second kappa shape index (κ2) is 8.50. The molecule has 4 heterocycles. The first-order valence-corrected chi connectivity index (χ1v) is 10.1. The Kier molecular flexibility index (Phi) is 5.87. The van der Waals surface area contributed by atoms with E-state index in [1.165, 1.54) is 18.5 Å². The highest BCUT2D eigenvalue weighted by atomic mass is 16.5. The van der Waals surface area contributed by atoms with Crippen molar-refractivity contribution in [1.29, 1.82) is 0 Å². The van der Waals surface area contributed by atoms with Crippen LogP contribution in [0.15, 0.2) is 12.5 Å². The van der Waals surface area contributed by atoms with Crippen LogP contribution >= 0.6 is 0 Å². The molecule has 3 aliphatic rings. The molecule has 1 aromatic heterocycles. The van der Waals surface area contributed by atoms with Crippen LogP contribution in [0.4, 0.5) is 0 Å². The van der Waals surface area contributed by atoms with Crippen LogP contribution in [0.3, 0.4) is 0 Å². The number of hydrogen-bond acceptors (Lipinski definition) is 5. The van der Waals surface area contributed by atoms with Gasteiger partial charge in [0, 0.05) is 57.2 Å². The monoisotopic (exact) mass is 361 g/mol. The summed E-state index contributed by atoms with van der Waals surface area (Å²) in [6, 6.07) is 0.633. The fraction of sp³-hybridized carbons (Fsp3) is 0.789. The number of carbonyl (C=O) groups is 1. The van der Waals surface area contributed by atoms with E-state index >= 15 is 0 Å². The zero-order valence-corrected chi connectivity index (χ0v) is 15.6. The number of piperidine rings is 2. The lowest BCUT2D eigenvalue weighted by Gasteiger charge is -2.43. The zero-order chi connectivity index (χ0) is 17.8. The maximum atomic E-state index is 12.8. The highest BCUT2D eigenvalue weighted by Gasteiger charge is 2.33. The Balaban J connectivity index is 1.26. The number of aromatic amines is 1. The minimum absolute atomic E-state index is 0.185. The van der Waals surface area contributed by atoms with Crippen molar-refractivity contribution in [3.05, 3.63) is 18.2 Å². The summed E-state index contributed by atoms with van der Waals surface area (Å²) in [5.41, 5.74) is 1.19. The van der Waals surface area contributed by atoms with Crippen molar-refractivity contribution in [2.24, 2.45) is 5.92 Å². The highest BCUT2D eigenvalue weighted by molar-refractivity contribution is 5.79. The molecular weight excluding hydrogens is 330 g/mol. The molecule has 7 heteroatoms. The van der Waals surface area contributed by atoms with Crippen molar-refractivity contribution in [3.8, 4) is 0 Å². The van der Waals surface area contributed by atoms with E-state index in [1.54, 1.807) is 6.33 Å². The first-order chi connectivity index (χ1) is 12.8. The number of nitrogens with zero attached hydrogens (tertiary/aromatic N) is 4. The molecule has 3 saturated heterocycles. The molecule has 1 atom stereocenters. The van der Waals surface area contributed by atoms with Gasteiger partial charge in [0.1, 0.15) is 0 Å². The average molecular weight is 361 g/mol. The van der Waals surface area contributed by atoms with Gasteiger partial charge in [0.25, 0.3) is 0 Å². The van der Waals surface area contributed by atoms with Crippen LogP contribution in [0.1, 0.15) is 31.4 Å². The van der Waals surface area contributed by atoms with Gasteiger partial charge in [-0.3, -0.25) is 14.6 Å². The topological polar surface area (TPSA) is 64.7 Å². The number of aromatic nitrogens is 2. The fourth-order valence-corrected chi connectivity index (χ4v) is 4.64. The van der Waals surface area contributed by atoms with Crippen molar-refractivity contribution in [1.82, 2.24) is 24.7 Å². The van der Waals surface area contributed by atoms with Gasteiger partial charge in [-0.25, -0.2) is 4.98 Å². The number of hydrogen-bond donors (Lipinski definition) is 1. The van der Waals surface area contributed by atoms with E-state index in [1.807, 2.05) is 11.1 Å². The van der Waals surface area contributed by atoms with Crippen LogP contribution in [-0.2, 0) is 16.1 Å². The van der Waals surface area contributed by atoms with Crippen LogP contribution in [-0.4, -0.2) is 89.1 Å². The number of ether oxygens (including phenoxy) is 1. The lowest BCUT2D eigenvalue weighted by atomic mass is 9.92. The summed E-state index contributed by atoms with van der Waals surface area (Å²) >= 11 is 0. The van der Waals surface area contributed by atoms with Gasteiger partial charge < -0.3 is 14.6 Å². The Bertz CT molecular complexity index is 564. The molecule has 0 saturated carbocycles. The first kappa shape index (κ1) is 17.9. The molecule has 1 aromatic rings. The van der Waals surface area contributed by atoms with Gasteiger partial charge in [-0.05, 0) is 32.2 Å². The van der Waals surface area contributed by atoms with Crippen molar-refractivity contribution in [3.63, 3.8) is 0 Å². The molecule has 0 bridgehead atoms. The molecule has 1 unspecified atom stereocenters. The normalized spacial score (nSPS) is 26.9. The summed E-state index contributed by atoms with van der Waals surface area (Å²) in [5.74, 6) is 0.541. The van der Waals surface area contributed by atoms with Crippen LogP contribution in [0, 0.1) is 5.92 Å². The minimum atomic E-state index is 0.185. The summed E-state index contributed by atoms with van der Waals surface area (Å²) in [4.78, 5) is 27.3. The maximum absolute atomic E-state index is 12.8. The summed E-state index contributed by atoms with van der Waals surface area (Å²) in [6.45, 7) is 8.23. The van der Waals surface area contributed by atoms with Crippen molar-refractivity contribution in [2.45, 2.75) is 38.3 Å². The molecule has 0 aliphatic carbocycles. The molecule has 4 rings (SSSR count). The molecule has 1 N–H and O–H groups in total. The third kappa shape index (κ3) is 4.27. The van der Waals surface area contributed by atoms with Crippen molar-refractivity contribution < 1.29 is 9.53 Å². The number of nitrogens with one attached hydrogen (secondary N) is 1. The van der Waals surface area contributed by atoms with Gasteiger partial charge in [0.15, 0.2) is 0 Å². The van der Waals surface area contributed by atoms with Gasteiger partial charge >= 0.3 is 0 Å². The Morgan fingerprint density at radius 2 is 1.96 bits per heavy atom. The molecular formula is C19H31N5O2. The van der Waals surface area contributed by atoms with E-state index in [0.29, 0.717) is 25.2 Å². The largest absolute Gasteiger partial charge is 0.378 e. The number of imidazole rings is 1. The van der Waals surface area contributed by atoms with E-state index in [4.69, 9.17) is 4.74 Å². The van der Waals surface area contributed by atoms with Crippen molar-refractivity contribution >= 4 is 5.91 Å². The minimum Gasteiger partial charge on any atom is -0.378 e. The number of carbonyl (C=O) groups excluding carboxylic acids is 1. The number of rotatable bonds is 4. The summed E-state index contributed by atoms with van der Waals surface area (Å²) in [7, 11) is 0. The predicted octanol–water partition coefficient (Wildman–Crippen LogP) is 0.945. The second-order valence-corrected chi connectivity index (χ2v) is 7.86. The molecule has 7 nitrogen and oxygen atoms in total. The van der Waals surface area contributed by atoms with Crippen LogP contribution < -0.4 is 0 Å². The van der Waals surface area contributed by atoms with E-state index in [0.717, 1.165) is 58.7 Å². The third-order valence-corrected chi connectivity index (χ3v) is 6.15. The van der Waals surface area contributed by atoms with E-state index in [-0.39, 0.29) is 5.92 Å². The van der Waals surface area contributed by atoms with Gasteiger partial charge in [-0.1, -0.05) is 0 Å². The average Bonchev–Trinajstić information content (AvgIpc) is 3.22. The summed E-state index contributed by atoms with van der Waals surface area (Å²) < 4.78 is 5.39. The molecule has 1 amide bonds. The number of morpholine rings is 1. The number of amides is 1. The Morgan fingerprint density at radius 3 is 2.69 bits per heavy atom. The smallest absolute Gasteiger partial charge is 0.227 e. The molecule has 26 heavy (non-hydrogen) atoms. The molecule has 0 radical (unpaired) electrons. The summed E-state index contributed by atoms with van der Waals surface area (Å²) in [6.07, 6.45) is 8.26. The van der Waals surface area contributed by atoms with E-state index in [2.05, 4.69) is 19.8 Å². The molecule has 0 aromatic carbocycles. The Hall–Kier alpha value is -1.44. The van der Waals surface area contributed by atoms with Gasteiger partial charge in [0.05, 0.1) is 25.5 Å². The fourth-order valence-electron chi connectivity index (χ4n) is 4.64. The van der Waals surface area contributed by atoms with Crippen LogP contribution in [0.2, 0.25) is 0 Å². The van der Waals surface area contributed by atoms with Gasteiger partial charge in [-0.2, -0.15) is 0 Å². The lowest BCUT2D eigenvalue weighted by Crippen LogP contribution is -2.52. The standard InChI is InChI=1S/C19H31N5O2/c25-19(23-8-10-26-11-9-23)16-2-1-5-24(13-16)18-3-6-22(7-4-18)14-17-12-20-15-21-17/h12,15-16,18H,1-11,13-14H2,(H,20,21).